The molecule has 1 N–H and O–H groups in total. The van der Waals surface area contributed by atoms with Crippen LogP contribution in [-0.4, -0.2) is 36.4 Å². The van der Waals surface area contributed by atoms with E-state index in [9.17, 15) is 5.11 Å². The lowest BCUT2D eigenvalue weighted by molar-refractivity contribution is 0.154. The number of anilines is 1. The largest absolute Gasteiger partial charge is 0.387 e. The molecule has 0 bridgehead atoms. The van der Waals surface area contributed by atoms with Gasteiger partial charge in [-0.15, -0.1) is 0 Å². The standard InChI is InChI=1S/C14H24N2O2/c1-4-14(17)13-8-7-12(11-15-13)16(5-2)9-10-18-6-3/h7-8,11,14,17H,4-6,9-10H2,1-3H3. The first-order valence-corrected chi connectivity index (χ1v) is 6.69. The van der Waals surface area contributed by atoms with Gasteiger partial charge in [0.2, 0.25) is 0 Å². The van der Waals surface area contributed by atoms with Crippen molar-refractivity contribution in [2.45, 2.75) is 33.3 Å². The molecule has 0 saturated carbocycles. The summed E-state index contributed by atoms with van der Waals surface area (Å²) in [5.74, 6) is 0. The van der Waals surface area contributed by atoms with Gasteiger partial charge >= 0.3 is 0 Å². The minimum Gasteiger partial charge on any atom is -0.387 e. The Morgan fingerprint density at radius 1 is 1.33 bits per heavy atom. The molecule has 4 nitrogen and oxygen atoms in total. The summed E-state index contributed by atoms with van der Waals surface area (Å²) in [4.78, 5) is 6.53. The van der Waals surface area contributed by atoms with Gasteiger partial charge in [-0.05, 0) is 32.4 Å². The normalized spacial score (nSPS) is 12.4. The molecular weight excluding hydrogens is 228 g/mol. The molecule has 0 saturated heterocycles. The van der Waals surface area contributed by atoms with Gasteiger partial charge in [0, 0.05) is 19.7 Å². The average Bonchev–Trinajstić information content (AvgIpc) is 2.43. The zero-order valence-electron chi connectivity index (χ0n) is 11.6. The number of nitrogens with zero attached hydrogens (tertiary/aromatic N) is 2. The molecule has 0 spiro atoms. The smallest absolute Gasteiger partial charge is 0.0957 e. The van der Waals surface area contributed by atoms with Crippen molar-refractivity contribution >= 4 is 5.69 Å². The van der Waals surface area contributed by atoms with Crippen molar-refractivity contribution in [1.82, 2.24) is 4.98 Å². The molecular formula is C14H24N2O2. The van der Waals surface area contributed by atoms with Crippen molar-refractivity contribution < 1.29 is 9.84 Å². The highest BCUT2D eigenvalue weighted by atomic mass is 16.5. The van der Waals surface area contributed by atoms with Crippen LogP contribution in [0.4, 0.5) is 5.69 Å². The number of aliphatic hydroxyl groups excluding tert-OH is 1. The van der Waals surface area contributed by atoms with E-state index in [-0.39, 0.29) is 0 Å². The zero-order valence-corrected chi connectivity index (χ0v) is 11.6. The second-order valence-electron chi connectivity index (χ2n) is 4.14. The van der Waals surface area contributed by atoms with Gasteiger partial charge in [0.1, 0.15) is 0 Å². The first-order chi connectivity index (χ1) is 8.72. The maximum absolute atomic E-state index is 9.69. The fourth-order valence-electron chi connectivity index (χ4n) is 1.78. The number of aromatic nitrogens is 1. The molecule has 0 aliphatic rings. The van der Waals surface area contributed by atoms with Gasteiger partial charge in [-0.2, -0.15) is 0 Å². The number of hydrogen-bond acceptors (Lipinski definition) is 4. The Hall–Kier alpha value is -1.13. The highest BCUT2D eigenvalue weighted by molar-refractivity contribution is 5.44. The van der Waals surface area contributed by atoms with Crippen LogP contribution in [0.3, 0.4) is 0 Å². The zero-order chi connectivity index (χ0) is 13.4. The van der Waals surface area contributed by atoms with Crippen LogP contribution in [0.2, 0.25) is 0 Å². The van der Waals surface area contributed by atoms with E-state index in [2.05, 4.69) is 16.8 Å². The van der Waals surface area contributed by atoms with E-state index in [0.717, 1.165) is 37.7 Å². The average molecular weight is 252 g/mol. The lowest BCUT2D eigenvalue weighted by Gasteiger charge is -2.23. The second-order valence-corrected chi connectivity index (χ2v) is 4.14. The third-order valence-corrected chi connectivity index (χ3v) is 2.96. The summed E-state index contributed by atoms with van der Waals surface area (Å²) in [6.45, 7) is 9.31. The van der Waals surface area contributed by atoms with Gasteiger partial charge in [0.05, 0.1) is 30.3 Å². The summed E-state index contributed by atoms with van der Waals surface area (Å²) in [6.07, 6.45) is 2.05. The van der Waals surface area contributed by atoms with Crippen LogP contribution in [0.25, 0.3) is 0 Å². The minimum atomic E-state index is -0.461. The molecule has 1 atom stereocenters. The van der Waals surface area contributed by atoms with E-state index in [1.807, 2.05) is 32.2 Å². The predicted octanol–water partition coefficient (Wildman–Crippen LogP) is 2.39. The van der Waals surface area contributed by atoms with Crippen molar-refractivity contribution in [3.63, 3.8) is 0 Å². The number of ether oxygens (including phenoxy) is 1. The highest BCUT2D eigenvalue weighted by Crippen LogP contribution is 2.18. The summed E-state index contributed by atoms with van der Waals surface area (Å²) >= 11 is 0. The third-order valence-electron chi connectivity index (χ3n) is 2.96. The van der Waals surface area contributed by atoms with Crippen LogP contribution in [-0.2, 0) is 4.74 Å². The molecule has 4 heteroatoms. The fraction of sp³-hybridized carbons (Fsp3) is 0.643. The summed E-state index contributed by atoms with van der Waals surface area (Å²) in [5, 5.41) is 9.69. The van der Waals surface area contributed by atoms with Gasteiger partial charge in [-0.3, -0.25) is 4.98 Å². The van der Waals surface area contributed by atoms with E-state index in [4.69, 9.17) is 4.74 Å². The molecule has 0 amide bonds. The topological polar surface area (TPSA) is 45.6 Å². The second kappa shape index (κ2) is 8.06. The van der Waals surface area contributed by atoms with Crippen molar-refractivity contribution in [2.24, 2.45) is 0 Å². The molecule has 0 aromatic carbocycles. The van der Waals surface area contributed by atoms with Gasteiger partial charge in [0.25, 0.3) is 0 Å². The molecule has 1 unspecified atom stereocenters. The summed E-state index contributed by atoms with van der Waals surface area (Å²) in [6, 6.07) is 3.91. The Morgan fingerprint density at radius 3 is 2.61 bits per heavy atom. The first-order valence-electron chi connectivity index (χ1n) is 6.69. The van der Waals surface area contributed by atoms with Gasteiger partial charge in [-0.25, -0.2) is 0 Å². The quantitative estimate of drug-likeness (QED) is 0.722. The van der Waals surface area contributed by atoms with Crippen molar-refractivity contribution in [3.8, 4) is 0 Å². The fourth-order valence-corrected chi connectivity index (χ4v) is 1.78. The molecule has 1 aromatic heterocycles. The Bertz CT molecular complexity index is 327. The molecule has 1 heterocycles. The number of pyridine rings is 1. The predicted molar refractivity (Wildman–Crippen MR) is 73.9 cm³/mol. The van der Waals surface area contributed by atoms with Crippen LogP contribution in [0.5, 0.6) is 0 Å². The molecule has 1 rings (SSSR count). The van der Waals surface area contributed by atoms with Gasteiger partial charge in [-0.1, -0.05) is 6.92 Å². The van der Waals surface area contributed by atoms with Gasteiger partial charge < -0.3 is 14.7 Å². The number of rotatable bonds is 8. The van der Waals surface area contributed by atoms with Crippen molar-refractivity contribution in [2.75, 3.05) is 31.2 Å². The Morgan fingerprint density at radius 2 is 2.11 bits per heavy atom. The van der Waals surface area contributed by atoms with Crippen LogP contribution in [0.1, 0.15) is 39.0 Å². The van der Waals surface area contributed by atoms with Crippen LogP contribution >= 0.6 is 0 Å². The monoisotopic (exact) mass is 252 g/mol. The molecule has 0 aliphatic heterocycles. The minimum absolute atomic E-state index is 0.461. The van der Waals surface area contributed by atoms with Crippen LogP contribution < -0.4 is 4.90 Å². The maximum Gasteiger partial charge on any atom is 0.0957 e. The molecule has 0 fully saturated rings. The lowest BCUT2D eigenvalue weighted by atomic mass is 10.2. The highest BCUT2D eigenvalue weighted by Gasteiger charge is 2.08. The number of hydrogen-bond donors (Lipinski definition) is 1. The molecule has 18 heavy (non-hydrogen) atoms. The molecule has 1 aromatic rings. The Kier molecular flexibility index (Phi) is 6.68. The maximum atomic E-state index is 9.69. The Labute approximate surface area is 110 Å². The molecule has 0 aliphatic carbocycles. The van der Waals surface area contributed by atoms with Crippen molar-refractivity contribution in [1.29, 1.82) is 0 Å². The SMILES string of the molecule is CCOCCN(CC)c1ccc(C(O)CC)nc1. The molecule has 0 radical (unpaired) electrons. The van der Waals surface area contributed by atoms with Crippen molar-refractivity contribution in [3.05, 3.63) is 24.0 Å². The van der Waals surface area contributed by atoms with E-state index in [1.165, 1.54) is 0 Å². The summed E-state index contributed by atoms with van der Waals surface area (Å²) in [5.41, 5.74) is 1.81. The van der Waals surface area contributed by atoms with E-state index in [1.54, 1.807) is 0 Å². The van der Waals surface area contributed by atoms with Crippen LogP contribution in [0, 0.1) is 0 Å². The van der Waals surface area contributed by atoms with Gasteiger partial charge in [0.15, 0.2) is 0 Å². The first kappa shape index (κ1) is 14.9. The molecule has 102 valence electrons. The number of likely N-dealkylation sites (N-methyl/N-ethyl adjacent to an activating group) is 1. The third kappa shape index (κ3) is 4.27. The summed E-state index contributed by atoms with van der Waals surface area (Å²) < 4.78 is 5.36. The Balaban J connectivity index is 2.63. The van der Waals surface area contributed by atoms with E-state index in [0.29, 0.717) is 6.42 Å². The number of aliphatic hydroxyl groups is 1. The van der Waals surface area contributed by atoms with E-state index >= 15 is 0 Å². The summed E-state index contributed by atoms with van der Waals surface area (Å²) in [7, 11) is 0. The van der Waals surface area contributed by atoms with Crippen LogP contribution in [0.15, 0.2) is 18.3 Å². The lowest BCUT2D eigenvalue weighted by Crippen LogP contribution is -2.27. The van der Waals surface area contributed by atoms with E-state index < -0.39 is 6.10 Å².